The molecule has 10 heteroatoms. The molecule has 3 aromatic rings. The molecule has 0 saturated carbocycles. The van der Waals surface area contributed by atoms with Crippen molar-refractivity contribution >= 4 is 11.9 Å². The van der Waals surface area contributed by atoms with Crippen molar-refractivity contribution in [2.45, 2.75) is 25.4 Å². The van der Waals surface area contributed by atoms with Crippen LogP contribution in [-0.2, 0) is 20.9 Å². The summed E-state index contributed by atoms with van der Waals surface area (Å²) in [6.45, 7) is 3.07. The van der Waals surface area contributed by atoms with E-state index < -0.39 is 12.0 Å². The minimum atomic E-state index is -0.558. The number of carbonyl (C=O) groups excluding carboxylic acids is 2. The van der Waals surface area contributed by atoms with Gasteiger partial charge >= 0.3 is 5.97 Å². The van der Waals surface area contributed by atoms with E-state index in [1.165, 1.54) is 0 Å². The van der Waals surface area contributed by atoms with E-state index in [0.29, 0.717) is 41.8 Å². The Morgan fingerprint density at radius 1 is 0.881 bits per heavy atom. The molecule has 1 amide bonds. The number of esters is 1. The molecule has 1 saturated heterocycles. The maximum Gasteiger partial charge on any atom is 0.311 e. The van der Waals surface area contributed by atoms with Crippen molar-refractivity contribution in [1.29, 1.82) is 0 Å². The van der Waals surface area contributed by atoms with E-state index in [1.54, 1.807) is 34.3 Å². The normalized spacial score (nSPS) is 19.3. The van der Waals surface area contributed by atoms with Crippen LogP contribution in [0, 0.1) is 5.92 Å². The molecule has 0 bridgehead atoms. The zero-order valence-electron chi connectivity index (χ0n) is 24.3. The number of hydrogen-bond donors (Lipinski definition) is 1. The van der Waals surface area contributed by atoms with Crippen LogP contribution >= 0.6 is 0 Å². The molecule has 1 N–H and O–H groups in total. The van der Waals surface area contributed by atoms with E-state index in [1.807, 2.05) is 59.5 Å². The van der Waals surface area contributed by atoms with E-state index in [2.05, 4.69) is 5.32 Å². The van der Waals surface area contributed by atoms with Crippen molar-refractivity contribution in [1.82, 2.24) is 10.2 Å². The summed E-state index contributed by atoms with van der Waals surface area (Å²) in [4.78, 5) is 29.0. The van der Waals surface area contributed by atoms with Crippen molar-refractivity contribution in [2.24, 2.45) is 5.92 Å². The van der Waals surface area contributed by atoms with Gasteiger partial charge in [-0.25, -0.2) is 0 Å². The lowest BCUT2D eigenvalue weighted by atomic mass is 9.82. The Labute approximate surface area is 245 Å². The number of likely N-dealkylation sites (tertiary alicyclic amines) is 1. The van der Waals surface area contributed by atoms with E-state index in [4.69, 9.17) is 28.4 Å². The molecule has 0 aliphatic carbocycles. The van der Waals surface area contributed by atoms with Gasteiger partial charge in [0.25, 0.3) is 0 Å². The van der Waals surface area contributed by atoms with Crippen LogP contribution in [0.3, 0.4) is 0 Å². The van der Waals surface area contributed by atoms with Crippen molar-refractivity contribution in [3.63, 3.8) is 0 Å². The van der Waals surface area contributed by atoms with E-state index in [0.717, 1.165) is 16.7 Å². The standard InChI is InChI=1S/C32H36N2O8/c1-5-40-32(36)30-24(22-9-13-26-28(15-22)42-19-41-26)17-34(31(30)21-7-10-23(37-2)11-8-21)18-29(35)33-16-20-6-12-25(38-3)27(14-20)39-4/h6-15,24,30-31H,5,16-19H2,1-4H3,(H,33,35). The number of ether oxygens (including phenoxy) is 6. The van der Waals surface area contributed by atoms with Crippen LogP contribution in [-0.4, -0.2) is 64.6 Å². The van der Waals surface area contributed by atoms with Gasteiger partial charge in [-0.1, -0.05) is 24.3 Å². The Balaban J connectivity index is 1.42. The summed E-state index contributed by atoms with van der Waals surface area (Å²) in [5.41, 5.74) is 2.69. The fourth-order valence-corrected chi connectivity index (χ4v) is 5.73. The molecule has 0 radical (unpaired) electrons. The fraction of sp³-hybridized carbons (Fsp3) is 0.375. The molecule has 0 aromatic heterocycles. The number of fused-ring (bicyclic) bond motifs is 1. The number of nitrogens with zero attached hydrogens (tertiary/aromatic N) is 1. The number of rotatable bonds is 11. The summed E-state index contributed by atoms with van der Waals surface area (Å²) >= 11 is 0. The van der Waals surface area contributed by atoms with Gasteiger partial charge in [0.2, 0.25) is 12.7 Å². The Bertz CT molecular complexity index is 1410. The molecular formula is C32H36N2O8. The summed E-state index contributed by atoms with van der Waals surface area (Å²) in [6.07, 6.45) is 0. The summed E-state index contributed by atoms with van der Waals surface area (Å²) in [6, 6.07) is 18.4. The Hall–Kier alpha value is -4.44. The maximum absolute atomic E-state index is 13.6. The third-order valence-corrected chi connectivity index (χ3v) is 7.72. The van der Waals surface area contributed by atoms with Gasteiger partial charge in [0, 0.05) is 25.0 Å². The zero-order chi connectivity index (χ0) is 29.6. The average Bonchev–Trinajstić information content (AvgIpc) is 3.64. The molecule has 5 rings (SSSR count). The number of amides is 1. The average molecular weight is 577 g/mol. The predicted molar refractivity (Wildman–Crippen MR) is 154 cm³/mol. The lowest BCUT2D eigenvalue weighted by Gasteiger charge is -2.28. The summed E-state index contributed by atoms with van der Waals surface area (Å²) in [5, 5.41) is 3.01. The molecule has 2 aliphatic heterocycles. The minimum Gasteiger partial charge on any atom is -0.497 e. The van der Waals surface area contributed by atoms with Crippen LogP contribution in [0.5, 0.6) is 28.7 Å². The quantitative estimate of drug-likeness (QED) is 0.338. The SMILES string of the molecule is CCOC(=O)C1C(c2ccc3c(c2)OCO3)CN(CC(=O)NCc2ccc(OC)c(OC)c2)C1c1ccc(OC)cc1. The molecule has 1 fully saturated rings. The molecule has 3 aromatic carbocycles. The lowest BCUT2D eigenvalue weighted by Crippen LogP contribution is -2.38. The van der Waals surface area contributed by atoms with Crippen LogP contribution in [0.4, 0.5) is 0 Å². The van der Waals surface area contributed by atoms with Crippen molar-refractivity contribution in [2.75, 3.05) is 47.8 Å². The molecule has 3 atom stereocenters. The third-order valence-electron chi connectivity index (χ3n) is 7.72. The molecule has 3 unspecified atom stereocenters. The topological polar surface area (TPSA) is 105 Å². The van der Waals surface area contributed by atoms with E-state index >= 15 is 0 Å². The second-order valence-electron chi connectivity index (χ2n) is 10.1. The molecule has 42 heavy (non-hydrogen) atoms. The predicted octanol–water partition coefficient (Wildman–Crippen LogP) is 4.08. The number of carbonyl (C=O) groups is 2. The van der Waals surface area contributed by atoms with Gasteiger partial charge < -0.3 is 33.7 Å². The van der Waals surface area contributed by atoms with Gasteiger partial charge in [0.05, 0.1) is 40.4 Å². The maximum atomic E-state index is 13.6. The first-order valence-electron chi connectivity index (χ1n) is 13.9. The van der Waals surface area contributed by atoms with Crippen LogP contribution in [0.25, 0.3) is 0 Å². The second-order valence-corrected chi connectivity index (χ2v) is 10.1. The van der Waals surface area contributed by atoms with Crippen LogP contribution in [0.15, 0.2) is 60.7 Å². The first kappa shape index (κ1) is 29.1. The van der Waals surface area contributed by atoms with Crippen LogP contribution < -0.4 is 29.0 Å². The fourth-order valence-electron chi connectivity index (χ4n) is 5.73. The largest absolute Gasteiger partial charge is 0.497 e. The molecule has 0 spiro atoms. The minimum absolute atomic E-state index is 0.0843. The highest BCUT2D eigenvalue weighted by Gasteiger charge is 2.48. The van der Waals surface area contributed by atoms with Crippen molar-refractivity contribution < 1.29 is 38.0 Å². The van der Waals surface area contributed by atoms with Gasteiger partial charge in [-0.15, -0.1) is 0 Å². The Morgan fingerprint density at radius 2 is 1.62 bits per heavy atom. The first-order chi connectivity index (χ1) is 20.4. The number of methoxy groups -OCH3 is 3. The molecule has 10 nitrogen and oxygen atoms in total. The lowest BCUT2D eigenvalue weighted by molar-refractivity contribution is -0.149. The molecule has 222 valence electrons. The van der Waals surface area contributed by atoms with Gasteiger partial charge in [0.1, 0.15) is 5.75 Å². The number of hydrogen-bond acceptors (Lipinski definition) is 9. The molecular weight excluding hydrogens is 540 g/mol. The van der Waals surface area contributed by atoms with Crippen molar-refractivity contribution in [3.05, 3.63) is 77.4 Å². The highest BCUT2D eigenvalue weighted by atomic mass is 16.7. The van der Waals surface area contributed by atoms with Gasteiger partial charge in [0.15, 0.2) is 23.0 Å². The van der Waals surface area contributed by atoms with Gasteiger partial charge in [-0.2, -0.15) is 0 Å². The summed E-state index contributed by atoms with van der Waals surface area (Å²) < 4.78 is 32.8. The zero-order valence-corrected chi connectivity index (χ0v) is 24.3. The highest BCUT2D eigenvalue weighted by Crippen LogP contribution is 2.48. The smallest absolute Gasteiger partial charge is 0.311 e. The Kier molecular flexibility index (Phi) is 9.02. The van der Waals surface area contributed by atoms with E-state index in [9.17, 15) is 9.59 Å². The highest BCUT2D eigenvalue weighted by molar-refractivity contribution is 5.79. The number of benzene rings is 3. The van der Waals surface area contributed by atoms with Gasteiger partial charge in [-0.05, 0) is 60.0 Å². The Morgan fingerprint density at radius 3 is 2.33 bits per heavy atom. The monoisotopic (exact) mass is 576 g/mol. The second kappa shape index (κ2) is 13.0. The van der Waals surface area contributed by atoms with Crippen molar-refractivity contribution in [3.8, 4) is 28.7 Å². The number of nitrogens with one attached hydrogen (secondary N) is 1. The van der Waals surface area contributed by atoms with Crippen LogP contribution in [0.2, 0.25) is 0 Å². The van der Waals surface area contributed by atoms with Crippen LogP contribution in [0.1, 0.15) is 35.6 Å². The summed E-state index contributed by atoms with van der Waals surface area (Å²) in [5.74, 6) is 1.94. The van der Waals surface area contributed by atoms with E-state index in [-0.39, 0.29) is 37.7 Å². The third kappa shape index (κ3) is 6.08. The van der Waals surface area contributed by atoms with Gasteiger partial charge in [-0.3, -0.25) is 14.5 Å². The molecule has 2 aliphatic rings. The first-order valence-corrected chi connectivity index (χ1v) is 13.9. The summed E-state index contributed by atoms with van der Waals surface area (Å²) in [7, 11) is 4.76. The molecule has 2 heterocycles.